The van der Waals surface area contributed by atoms with Crippen molar-refractivity contribution in [1.29, 1.82) is 0 Å². The Bertz CT molecular complexity index is 645. The molecule has 2 rings (SSSR count). The summed E-state index contributed by atoms with van der Waals surface area (Å²) in [4.78, 5) is 11.9. The van der Waals surface area contributed by atoms with E-state index in [4.69, 9.17) is 4.74 Å². The molecular formula is C16H13F3O2. The van der Waals surface area contributed by atoms with E-state index in [0.717, 1.165) is 5.56 Å². The van der Waals surface area contributed by atoms with Crippen molar-refractivity contribution in [2.24, 2.45) is 0 Å². The van der Waals surface area contributed by atoms with E-state index in [1.807, 2.05) is 0 Å². The summed E-state index contributed by atoms with van der Waals surface area (Å²) in [7, 11) is 1.52. The van der Waals surface area contributed by atoms with Gasteiger partial charge < -0.3 is 4.74 Å². The molecule has 0 aliphatic heterocycles. The van der Waals surface area contributed by atoms with Gasteiger partial charge in [-0.1, -0.05) is 18.2 Å². The first kappa shape index (κ1) is 15.1. The van der Waals surface area contributed by atoms with Gasteiger partial charge in [-0.25, -0.2) is 13.2 Å². The molecule has 110 valence electrons. The van der Waals surface area contributed by atoms with Crippen molar-refractivity contribution < 1.29 is 22.7 Å². The van der Waals surface area contributed by atoms with Crippen LogP contribution in [0.4, 0.5) is 13.2 Å². The summed E-state index contributed by atoms with van der Waals surface area (Å²) >= 11 is 0. The lowest BCUT2D eigenvalue weighted by Crippen LogP contribution is -2.05. The minimum atomic E-state index is -1.57. The molecule has 2 aromatic rings. The van der Waals surface area contributed by atoms with Crippen LogP contribution in [0.5, 0.6) is 5.75 Å². The normalized spacial score (nSPS) is 10.5. The monoisotopic (exact) mass is 294 g/mol. The molecule has 2 aromatic carbocycles. The van der Waals surface area contributed by atoms with Crippen LogP contribution < -0.4 is 4.74 Å². The Morgan fingerprint density at radius 3 is 2.33 bits per heavy atom. The van der Waals surface area contributed by atoms with Crippen molar-refractivity contribution in [3.05, 3.63) is 65.0 Å². The van der Waals surface area contributed by atoms with Crippen LogP contribution in [0.25, 0.3) is 0 Å². The van der Waals surface area contributed by atoms with Gasteiger partial charge in [0.05, 0.1) is 7.11 Å². The summed E-state index contributed by atoms with van der Waals surface area (Å²) in [5, 5.41) is 0. The Kier molecular flexibility index (Phi) is 4.62. The number of rotatable bonds is 5. The number of ether oxygens (including phenoxy) is 1. The highest BCUT2D eigenvalue weighted by atomic mass is 19.2. The summed E-state index contributed by atoms with van der Waals surface area (Å²) in [5.74, 6) is -4.12. The van der Waals surface area contributed by atoms with E-state index in [1.165, 1.54) is 7.11 Å². The second kappa shape index (κ2) is 6.43. The Labute approximate surface area is 120 Å². The number of methoxy groups -OCH3 is 1. The van der Waals surface area contributed by atoms with E-state index in [9.17, 15) is 18.0 Å². The number of benzene rings is 2. The summed E-state index contributed by atoms with van der Waals surface area (Å²) < 4.78 is 44.2. The third-order valence-corrected chi connectivity index (χ3v) is 3.12. The van der Waals surface area contributed by atoms with Crippen LogP contribution in [0, 0.1) is 17.5 Å². The Morgan fingerprint density at radius 1 is 1.10 bits per heavy atom. The molecular weight excluding hydrogens is 281 g/mol. The molecule has 0 fully saturated rings. The van der Waals surface area contributed by atoms with Crippen molar-refractivity contribution in [2.45, 2.75) is 12.8 Å². The third-order valence-electron chi connectivity index (χ3n) is 3.12. The zero-order chi connectivity index (χ0) is 15.4. The van der Waals surface area contributed by atoms with Crippen molar-refractivity contribution in [3.8, 4) is 5.75 Å². The lowest BCUT2D eigenvalue weighted by molar-refractivity contribution is 0.0981. The Hall–Kier alpha value is -2.30. The van der Waals surface area contributed by atoms with Crippen molar-refractivity contribution in [2.75, 3.05) is 7.11 Å². The average Bonchev–Trinajstić information content (AvgIpc) is 2.49. The number of aryl methyl sites for hydroxylation is 1. The zero-order valence-electron chi connectivity index (χ0n) is 11.3. The number of halogens is 3. The summed E-state index contributed by atoms with van der Waals surface area (Å²) in [6.45, 7) is 0. The maximum absolute atomic E-state index is 13.1. The van der Waals surface area contributed by atoms with Gasteiger partial charge in [0, 0.05) is 12.0 Å². The van der Waals surface area contributed by atoms with Crippen LogP contribution in [0.15, 0.2) is 36.4 Å². The fourth-order valence-corrected chi connectivity index (χ4v) is 2.02. The first-order valence-corrected chi connectivity index (χ1v) is 6.32. The van der Waals surface area contributed by atoms with Gasteiger partial charge in [-0.05, 0) is 30.2 Å². The Morgan fingerprint density at radius 2 is 1.71 bits per heavy atom. The quantitative estimate of drug-likeness (QED) is 0.617. The number of Topliss-reactive ketones (excluding diaryl/α,β-unsaturated/α-hetero) is 1. The molecule has 0 aliphatic carbocycles. The highest BCUT2D eigenvalue weighted by molar-refractivity contribution is 5.96. The van der Waals surface area contributed by atoms with E-state index in [0.29, 0.717) is 24.3 Å². The maximum Gasteiger partial charge on any atom is 0.194 e. The lowest BCUT2D eigenvalue weighted by atomic mass is 10.0. The number of para-hydroxylation sites is 1. The predicted molar refractivity (Wildman–Crippen MR) is 72.0 cm³/mol. The van der Waals surface area contributed by atoms with Crippen LogP contribution in [0.2, 0.25) is 0 Å². The number of hydrogen-bond donors (Lipinski definition) is 0. The molecule has 0 amide bonds. The van der Waals surface area contributed by atoms with E-state index in [2.05, 4.69) is 0 Å². The fraction of sp³-hybridized carbons (Fsp3) is 0.188. The number of carbonyl (C=O) groups excluding carboxylic acids is 1. The summed E-state index contributed by atoms with van der Waals surface area (Å²) in [6, 6.07) is 8.59. The summed E-state index contributed by atoms with van der Waals surface area (Å²) in [5.41, 5.74) is 0.637. The van der Waals surface area contributed by atoms with E-state index in [1.54, 1.807) is 24.3 Å². The Balaban J connectivity index is 2.12. The molecule has 21 heavy (non-hydrogen) atoms. The van der Waals surface area contributed by atoms with Crippen LogP contribution in [-0.4, -0.2) is 12.9 Å². The van der Waals surface area contributed by atoms with Crippen molar-refractivity contribution in [3.63, 3.8) is 0 Å². The minimum Gasteiger partial charge on any atom is -0.496 e. The second-order valence-electron chi connectivity index (χ2n) is 4.49. The molecule has 0 saturated carbocycles. The zero-order valence-corrected chi connectivity index (χ0v) is 11.3. The van der Waals surface area contributed by atoms with Crippen LogP contribution in [0.1, 0.15) is 22.3 Å². The molecule has 0 aromatic heterocycles. The first-order valence-electron chi connectivity index (χ1n) is 6.32. The van der Waals surface area contributed by atoms with Crippen LogP contribution >= 0.6 is 0 Å². The number of hydrogen-bond acceptors (Lipinski definition) is 2. The molecule has 0 heterocycles. The van der Waals surface area contributed by atoms with Gasteiger partial charge in [-0.3, -0.25) is 4.79 Å². The van der Waals surface area contributed by atoms with Crippen LogP contribution in [0.3, 0.4) is 0 Å². The number of carbonyl (C=O) groups is 1. The summed E-state index contributed by atoms with van der Waals surface area (Å²) in [6.07, 6.45) is 0.411. The molecule has 0 bridgehead atoms. The third kappa shape index (κ3) is 3.42. The molecule has 0 aliphatic rings. The minimum absolute atomic E-state index is 0.0465. The van der Waals surface area contributed by atoms with E-state index in [-0.39, 0.29) is 12.0 Å². The van der Waals surface area contributed by atoms with Crippen molar-refractivity contribution >= 4 is 5.78 Å². The van der Waals surface area contributed by atoms with Gasteiger partial charge in [0.25, 0.3) is 0 Å². The van der Waals surface area contributed by atoms with Gasteiger partial charge in [-0.15, -0.1) is 0 Å². The first-order chi connectivity index (χ1) is 10.0. The van der Waals surface area contributed by atoms with Gasteiger partial charge in [0.15, 0.2) is 23.2 Å². The van der Waals surface area contributed by atoms with Crippen LogP contribution in [-0.2, 0) is 6.42 Å². The van der Waals surface area contributed by atoms with Gasteiger partial charge >= 0.3 is 0 Å². The van der Waals surface area contributed by atoms with Gasteiger partial charge in [-0.2, -0.15) is 0 Å². The molecule has 0 saturated heterocycles. The van der Waals surface area contributed by atoms with Gasteiger partial charge in [0.2, 0.25) is 0 Å². The SMILES string of the molecule is COc1ccccc1CCC(=O)c1cc(F)c(F)c(F)c1. The largest absolute Gasteiger partial charge is 0.496 e. The smallest absolute Gasteiger partial charge is 0.194 e. The number of ketones is 1. The molecule has 2 nitrogen and oxygen atoms in total. The molecule has 0 atom stereocenters. The van der Waals surface area contributed by atoms with Gasteiger partial charge in [0.1, 0.15) is 5.75 Å². The molecule has 0 radical (unpaired) electrons. The molecule has 0 N–H and O–H groups in total. The highest BCUT2D eigenvalue weighted by Crippen LogP contribution is 2.21. The fourth-order valence-electron chi connectivity index (χ4n) is 2.02. The topological polar surface area (TPSA) is 26.3 Å². The molecule has 0 unspecified atom stereocenters. The maximum atomic E-state index is 13.1. The van der Waals surface area contributed by atoms with E-state index < -0.39 is 23.2 Å². The lowest BCUT2D eigenvalue weighted by Gasteiger charge is -2.08. The second-order valence-corrected chi connectivity index (χ2v) is 4.49. The highest BCUT2D eigenvalue weighted by Gasteiger charge is 2.15. The van der Waals surface area contributed by atoms with E-state index >= 15 is 0 Å². The molecule has 5 heteroatoms. The standard InChI is InChI=1S/C16H13F3O2/c1-21-15-5-3-2-4-10(15)6-7-14(20)11-8-12(17)16(19)13(18)9-11/h2-5,8-9H,6-7H2,1H3. The predicted octanol–water partition coefficient (Wildman–Crippen LogP) is 3.93. The van der Waals surface area contributed by atoms with Crippen molar-refractivity contribution in [1.82, 2.24) is 0 Å². The molecule has 0 spiro atoms. The average molecular weight is 294 g/mol.